The molecule has 3 heterocycles. The highest BCUT2D eigenvalue weighted by Gasteiger charge is 2.25. The lowest BCUT2D eigenvalue weighted by Gasteiger charge is -2.17. The third-order valence-corrected chi connectivity index (χ3v) is 4.54. The van der Waals surface area contributed by atoms with E-state index < -0.39 is 0 Å². The summed E-state index contributed by atoms with van der Waals surface area (Å²) in [7, 11) is 6.01. The van der Waals surface area contributed by atoms with E-state index in [0.717, 1.165) is 49.9 Å². The van der Waals surface area contributed by atoms with Crippen LogP contribution < -0.4 is 4.74 Å². The van der Waals surface area contributed by atoms with E-state index in [1.165, 1.54) is 0 Å². The van der Waals surface area contributed by atoms with Gasteiger partial charge in [-0.2, -0.15) is 0 Å². The summed E-state index contributed by atoms with van der Waals surface area (Å²) in [6, 6.07) is 3.96. The first-order chi connectivity index (χ1) is 11.5. The number of aromatic nitrogens is 3. The fourth-order valence-corrected chi connectivity index (χ4v) is 3.09. The summed E-state index contributed by atoms with van der Waals surface area (Å²) in [5.74, 6) is 1.88. The van der Waals surface area contributed by atoms with Crippen molar-refractivity contribution in [1.82, 2.24) is 24.3 Å². The van der Waals surface area contributed by atoms with Crippen molar-refractivity contribution in [1.29, 1.82) is 0 Å². The van der Waals surface area contributed by atoms with Crippen LogP contribution in [0.25, 0.3) is 0 Å². The molecule has 1 fully saturated rings. The Morgan fingerprint density at radius 3 is 2.92 bits per heavy atom. The van der Waals surface area contributed by atoms with Crippen LogP contribution in [0.4, 0.5) is 0 Å². The Kier molecular flexibility index (Phi) is 5.38. The second-order valence-corrected chi connectivity index (χ2v) is 6.93. The zero-order chi connectivity index (χ0) is 17.1. The van der Waals surface area contributed by atoms with E-state index in [2.05, 4.69) is 19.8 Å². The predicted molar refractivity (Wildman–Crippen MR) is 94.2 cm³/mol. The Morgan fingerprint density at radius 2 is 2.21 bits per heavy atom. The van der Waals surface area contributed by atoms with E-state index in [0.29, 0.717) is 5.15 Å². The number of imidazole rings is 1. The summed E-state index contributed by atoms with van der Waals surface area (Å²) in [6.45, 7) is 3.51. The molecule has 24 heavy (non-hydrogen) atoms. The van der Waals surface area contributed by atoms with E-state index in [1.54, 1.807) is 6.20 Å². The number of rotatable bonds is 6. The fourth-order valence-electron chi connectivity index (χ4n) is 2.94. The molecule has 1 unspecified atom stereocenters. The Balaban J connectivity index is 1.55. The largest absolute Gasteiger partial charge is 0.489 e. The minimum Gasteiger partial charge on any atom is -0.489 e. The number of hydrogen-bond donors (Lipinski definition) is 0. The van der Waals surface area contributed by atoms with Gasteiger partial charge in [0.15, 0.2) is 0 Å². The summed E-state index contributed by atoms with van der Waals surface area (Å²) in [6.07, 6.45) is 4.74. The van der Waals surface area contributed by atoms with E-state index in [4.69, 9.17) is 16.3 Å². The van der Waals surface area contributed by atoms with Crippen molar-refractivity contribution in [2.45, 2.75) is 25.6 Å². The zero-order valence-electron chi connectivity index (χ0n) is 14.4. The molecule has 0 bridgehead atoms. The SMILES string of the molecule is CN(C)Cc1cc(OC2CCN(Cc3ncc(Cl)n3C)C2)ccn1. The Morgan fingerprint density at radius 1 is 1.38 bits per heavy atom. The first-order valence-electron chi connectivity index (χ1n) is 8.16. The van der Waals surface area contributed by atoms with Gasteiger partial charge in [0, 0.05) is 38.9 Å². The number of nitrogens with zero attached hydrogens (tertiary/aromatic N) is 5. The zero-order valence-corrected chi connectivity index (χ0v) is 15.2. The highest BCUT2D eigenvalue weighted by molar-refractivity contribution is 6.29. The maximum atomic E-state index is 6.15. The molecule has 2 aromatic rings. The molecule has 1 aliphatic heterocycles. The van der Waals surface area contributed by atoms with Crippen LogP contribution in [0.1, 0.15) is 17.9 Å². The molecule has 0 aliphatic carbocycles. The van der Waals surface area contributed by atoms with Crippen molar-refractivity contribution >= 4 is 11.6 Å². The van der Waals surface area contributed by atoms with Crippen LogP contribution >= 0.6 is 11.6 Å². The lowest BCUT2D eigenvalue weighted by atomic mass is 10.3. The topological polar surface area (TPSA) is 46.4 Å². The average Bonchev–Trinajstić information content (AvgIpc) is 3.09. The van der Waals surface area contributed by atoms with Crippen LogP contribution in [0.3, 0.4) is 0 Å². The first kappa shape index (κ1) is 17.2. The van der Waals surface area contributed by atoms with Gasteiger partial charge in [-0.3, -0.25) is 9.88 Å². The quantitative estimate of drug-likeness (QED) is 0.800. The smallest absolute Gasteiger partial charge is 0.128 e. The van der Waals surface area contributed by atoms with Crippen molar-refractivity contribution < 1.29 is 4.74 Å². The van der Waals surface area contributed by atoms with Gasteiger partial charge in [-0.15, -0.1) is 0 Å². The summed E-state index contributed by atoms with van der Waals surface area (Å²) < 4.78 is 8.07. The highest BCUT2D eigenvalue weighted by atomic mass is 35.5. The highest BCUT2D eigenvalue weighted by Crippen LogP contribution is 2.21. The van der Waals surface area contributed by atoms with Gasteiger partial charge in [0.2, 0.25) is 0 Å². The molecule has 130 valence electrons. The van der Waals surface area contributed by atoms with E-state index in [1.807, 2.05) is 44.0 Å². The minimum atomic E-state index is 0.204. The maximum absolute atomic E-state index is 6.15. The third-order valence-electron chi connectivity index (χ3n) is 4.19. The fraction of sp³-hybridized carbons (Fsp3) is 0.529. The molecule has 1 aliphatic rings. The third kappa shape index (κ3) is 4.26. The van der Waals surface area contributed by atoms with E-state index >= 15 is 0 Å². The van der Waals surface area contributed by atoms with Crippen LogP contribution in [-0.4, -0.2) is 57.6 Å². The Labute approximate surface area is 148 Å². The molecule has 0 amide bonds. The van der Waals surface area contributed by atoms with Crippen molar-refractivity contribution in [3.05, 3.63) is 41.2 Å². The van der Waals surface area contributed by atoms with Crippen LogP contribution in [0, 0.1) is 0 Å². The molecule has 0 N–H and O–H groups in total. The summed E-state index contributed by atoms with van der Waals surface area (Å²) in [4.78, 5) is 13.2. The number of likely N-dealkylation sites (tertiary alicyclic amines) is 1. The van der Waals surface area contributed by atoms with Crippen molar-refractivity contribution in [2.24, 2.45) is 7.05 Å². The van der Waals surface area contributed by atoms with Gasteiger partial charge < -0.3 is 14.2 Å². The van der Waals surface area contributed by atoms with Crippen molar-refractivity contribution in [3.63, 3.8) is 0 Å². The second-order valence-electron chi connectivity index (χ2n) is 6.54. The molecule has 2 aromatic heterocycles. The second kappa shape index (κ2) is 7.51. The van der Waals surface area contributed by atoms with Gasteiger partial charge in [0.1, 0.15) is 22.8 Å². The van der Waals surface area contributed by atoms with Gasteiger partial charge in [-0.05, 0) is 26.6 Å². The van der Waals surface area contributed by atoms with E-state index in [-0.39, 0.29) is 6.10 Å². The molecule has 0 spiro atoms. The molecule has 1 atom stereocenters. The minimum absolute atomic E-state index is 0.204. The number of ether oxygens (including phenoxy) is 1. The van der Waals surface area contributed by atoms with Gasteiger partial charge >= 0.3 is 0 Å². The molecule has 7 heteroatoms. The molecule has 0 saturated carbocycles. The molecular weight excluding hydrogens is 326 g/mol. The lowest BCUT2D eigenvalue weighted by Crippen LogP contribution is -2.25. The monoisotopic (exact) mass is 349 g/mol. The van der Waals surface area contributed by atoms with Crippen LogP contribution in [0.2, 0.25) is 5.15 Å². The lowest BCUT2D eigenvalue weighted by molar-refractivity contribution is 0.196. The van der Waals surface area contributed by atoms with Crippen LogP contribution in [0.15, 0.2) is 24.5 Å². The predicted octanol–water partition coefficient (Wildman–Crippen LogP) is 2.18. The molecule has 0 radical (unpaired) electrons. The average molecular weight is 350 g/mol. The summed E-state index contributed by atoms with van der Waals surface area (Å²) in [5.41, 5.74) is 1.02. The first-order valence-corrected chi connectivity index (χ1v) is 8.54. The van der Waals surface area contributed by atoms with Crippen LogP contribution in [-0.2, 0) is 20.1 Å². The molecular formula is C17H24ClN5O. The standard InChI is InChI=1S/C17H24ClN5O/c1-21(2)10-13-8-14(4-6-19-13)24-15-5-7-23(11-15)12-17-20-9-16(18)22(17)3/h4,6,8-9,15H,5,7,10-12H2,1-3H3. The Bertz CT molecular complexity index is 687. The van der Waals surface area contributed by atoms with Crippen LogP contribution in [0.5, 0.6) is 5.75 Å². The maximum Gasteiger partial charge on any atom is 0.128 e. The molecule has 0 aromatic carbocycles. The number of pyridine rings is 1. The normalized spacial score (nSPS) is 18.5. The summed E-state index contributed by atoms with van der Waals surface area (Å²) >= 11 is 6.05. The molecule has 1 saturated heterocycles. The molecule has 3 rings (SSSR count). The number of halogens is 1. The van der Waals surface area contributed by atoms with Crippen molar-refractivity contribution in [2.75, 3.05) is 27.2 Å². The van der Waals surface area contributed by atoms with Crippen molar-refractivity contribution in [3.8, 4) is 5.75 Å². The Hall–Kier alpha value is -1.63. The van der Waals surface area contributed by atoms with Gasteiger partial charge in [0.05, 0.1) is 18.4 Å². The number of hydrogen-bond acceptors (Lipinski definition) is 5. The van der Waals surface area contributed by atoms with Gasteiger partial charge in [0.25, 0.3) is 0 Å². The van der Waals surface area contributed by atoms with Gasteiger partial charge in [-0.1, -0.05) is 11.6 Å². The summed E-state index contributed by atoms with van der Waals surface area (Å²) in [5, 5.41) is 0.669. The van der Waals surface area contributed by atoms with E-state index in [9.17, 15) is 0 Å². The molecule has 6 nitrogen and oxygen atoms in total. The van der Waals surface area contributed by atoms with Gasteiger partial charge in [-0.25, -0.2) is 4.98 Å².